The Bertz CT molecular complexity index is 983. The fourth-order valence-electron chi connectivity index (χ4n) is 2.88. The van der Waals surface area contributed by atoms with Crippen LogP contribution in [-0.2, 0) is 4.79 Å². The highest BCUT2D eigenvalue weighted by molar-refractivity contribution is 7.80. The third-order valence-corrected chi connectivity index (χ3v) is 4.52. The fraction of sp³-hybridized carbons (Fsp3) is 0.318. The number of anilines is 1. The Morgan fingerprint density at radius 2 is 1.93 bits per heavy atom. The lowest BCUT2D eigenvalue weighted by Crippen LogP contribution is -2.33. The molecule has 0 saturated carbocycles. The Balaban J connectivity index is 1.65. The van der Waals surface area contributed by atoms with E-state index in [0.717, 1.165) is 36.3 Å². The second-order valence-electron chi connectivity index (χ2n) is 6.62. The van der Waals surface area contributed by atoms with Crippen molar-refractivity contribution in [1.29, 1.82) is 0 Å². The summed E-state index contributed by atoms with van der Waals surface area (Å²) >= 11 is 5.23. The molecule has 1 aromatic heterocycles. The fourth-order valence-corrected chi connectivity index (χ4v) is 3.11. The third-order valence-electron chi connectivity index (χ3n) is 4.32. The maximum absolute atomic E-state index is 11.9. The first-order chi connectivity index (χ1) is 14.1. The first kappa shape index (κ1) is 20.8. The maximum atomic E-state index is 11.9. The summed E-state index contributed by atoms with van der Waals surface area (Å²) in [4.78, 5) is 16.4. The maximum Gasteiger partial charge on any atom is 0.227 e. The molecule has 0 atom stereocenters. The number of fused-ring (bicyclic) bond motifs is 1. The van der Waals surface area contributed by atoms with Gasteiger partial charge in [-0.3, -0.25) is 4.79 Å². The molecule has 0 aliphatic heterocycles. The van der Waals surface area contributed by atoms with Crippen molar-refractivity contribution in [3.63, 3.8) is 0 Å². The van der Waals surface area contributed by atoms with E-state index >= 15 is 0 Å². The van der Waals surface area contributed by atoms with Gasteiger partial charge in [0.05, 0.1) is 6.61 Å². The number of nitrogens with one attached hydrogen (secondary N) is 2. The Labute approximate surface area is 175 Å². The summed E-state index contributed by atoms with van der Waals surface area (Å²) in [5.41, 5.74) is 2.99. The van der Waals surface area contributed by atoms with Gasteiger partial charge in [0, 0.05) is 17.7 Å². The summed E-state index contributed by atoms with van der Waals surface area (Å²) in [6, 6.07) is 13.1. The first-order valence-corrected chi connectivity index (χ1v) is 10.2. The van der Waals surface area contributed by atoms with E-state index in [1.807, 2.05) is 49.4 Å². The topological polar surface area (TPSA) is 76.4 Å². The van der Waals surface area contributed by atoms with E-state index in [9.17, 15) is 4.79 Å². The first-order valence-electron chi connectivity index (χ1n) is 9.83. The van der Waals surface area contributed by atoms with Gasteiger partial charge in [-0.25, -0.2) is 4.98 Å². The van der Waals surface area contributed by atoms with Crippen LogP contribution in [0.3, 0.4) is 0 Å². The lowest BCUT2D eigenvalue weighted by molar-refractivity contribution is -0.119. The summed E-state index contributed by atoms with van der Waals surface area (Å²) in [7, 11) is 0. The molecule has 2 N–H and O–H groups in total. The average Bonchev–Trinajstić information content (AvgIpc) is 3.12. The molecule has 2 aromatic carbocycles. The van der Waals surface area contributed by atoms with Crippen molar-refractivity contribution in [2.24, 2.45) is 0 Å². The van der Waals surface area contributed by atoms with Crippen LogP contribution in [0, 0.1) is 0 Å². The zero-order valence-corrected chi connectivity index (χ0v) is 17.5. The van der Waals surface area contributed by atoms with Crippen molar-refractivity contribution in [2.45, 2.75) is 39.5 Å². The van der Waals surface area contributed by atoms with Crippen LogP contribution in [0.1, 0.15) is 39.5 Å². The highest BCUT2D eigenvalue weighted by atomic mass is 32.1. The second-order valence-corrected chi connectivity index (χ2v) is 7.03. The van der Waals surface area contributed by atoms with Crippen LogP contribution in [0.4, 0.5) is 5.69 Å². The molecule has 0 radical (unpaired) electrons. The van der Waals surface area contributed by atoms with Crippen LogP contribution in [0.5, 0.6) is 5.75 Å². The summed E-state index contributed by atoms with van der Waals surface area (Å²) in [5.74, 6) is 1.27. The van der Waals surface area contributed by atoms with Gasteiger partial charge in [0.25, 0.3) is 0 Å². The van der Waals surface area contributed by atoms with Crippen LogP contribution in [0.2, 0.25) is 0 Å². The number of benzene rings is 2. The number of aromatic nitrogens is 1. The second kappa shape index (κ2) is 10.0. The number of rotatable bonds is 8. The van der Waals surface area contributed by atoms with Crippen molar-refractivity contribution < 1.29 is 13.9 Å². The van der Waals surface area contributed by atoms with E-state index < -0.39 is 0 Å². The van der Waals surface area contributed by atoms with E-state index in [2.05, 4.69) is 22.5 Å². The van der Waals surface area contributed by atoms with E-state index in [1.54, 1.807) is 0 Å². The number of thiocarbonyl (C=S) groups is 1. The van der Waals surface area contributed by atoms with Gasteiger partial charge in [0.15, 0.2) is 10.7 Å². The van der Waals surface area contributed by atoms with Gasteiger partial charge < -0.3 is 19.8 Å². The van der Waals surface area contributed by atoms with Gasteiger partial charge in [0.2, 0.25) is 11.8 Å². The number of ether oxygens (including phenoxy) is 1. The van der Waals surface area contributed by atoms with Crippen molar-refractivity contribution in [1.82, 2.24) is 10.3 Å². The van der Waals surface area contributed by atoms with E-state index in [4.69, 9.17) is 21.4 Å². The molecule has 0 fully saturated rings. The van der Waals surface area contributed by atoms with Gasteiger partial charge in [-0.15, -0.1) is 0 Å². The number of nitrogens with zero attached hydrogens (tertiary/aromatic N) is 1. The van der Waals surface area contributed by atoms with Gasteiger partial charge in [-0.2, -0.15) is 0 Å². The zero-order valence-electron chi connectivity index (χ0n) is 16.7. The largest absolute Gasteiger partial charge is 0.494 e. The molecule has 0 aliphatic rings. The van der Waals surface area contributed by atoms with E-state index in [1.165, 1.54) is 0 Å². The van der Waals surface area contributed by atoms with Crippen molar-refractivity contribution in [3.8, 4) is 17.2 Å². The van der Waals surface area contributed by atoms with Gasteiger partial charge in [-0.05, 0) is 68.0 Å². The van der Waals surface area contributed by atoms with Gasteiger partial charge >= 0.3 is 0 Å². The van der Waals surface area contributed by atoms with Crippen LogP contribution in [0.25, 0.3) is 22.6 Å². The normalized spacial score (nSPS) is 10.7. The summed E-state index contributed by atoms with van der Waals surface area (Å²) in [6.45, 7) is 4.68. The van der Waals surface area contributed by atoms with Crippen LogP contribution < -0.4 is 15.4 Å². The minimum Gasteiger partial charge on any atom is -0.494 e. The van der Waals surface area contributed by atoms with Gasteiger partial charge in [0.1, 0.15) is 11.3 Å². The Hall–Kier alpha value is -2.93. The van der Waals surface area contributed by atoms with Crippen LogP contribution in [-0.4, -0.2) is 22.6 Å². The van der Waals surface area contributed by atoms with E-state index in [-0.39, 0.29) is 11.0 Å². The van der Waals surface area contributed by atoms with Crippen LogP contribution in [0.15, 0.2) is 46.9 Å². The molecule has 7 heteroatoms. The molecular formula is C22H25N3O3S. The molecular weight excluding hydrogens is 386 g/mol. The molecule has 1 amide bonds. The predicted molar refractivity (Wildman–Crippen MR) is 119 cm³/mol. The molecule has 29 heavy (non-hydrogen) atoms. The Morgan fingerprint density at radius 3 is 2.66 bits per heavy atom. The van der Waals surface area contributed by atoms with Crippen molar-refractivity contribution in [3.05, 3.63) is 42.5 Å². The monoisotopic (exact) mass is 411 g/mol. The molecule has 1 heterocycles. The van der Waals surface area contributed by atoms with Gasteiger partial charge in [-0.1, -0.05) is 19.8 Å². The Morgan fingerprint density at radius 1 is 1.14 bits per heavy atom. The number of hydrogen-bond donors (Lipinski definition) is 2. The summed E-state index contributed by atoms with van der Waals surface area (Å²) in [6.07, 6.45) is 3.45. The number of oxazole rings is 1. The Kier molecular flexibility index (Phi) is 7.19. The molecule has 0 bridgehead atoms. The molecule has 3 aromatic rings. The number of carbonyl (C=O) groups excluding carboxylic acids is 1. The molecule has 0 aliphatic carbocycles. The minimum atomic E-state index is -0.0729. The predicted octanol–water partition coefficient (Wildman–Crippen LogP) is 5.29. The SMILES string of the molecule is CCCCCC(=O)NC(=S)Nc1ccc2oc(-c3ccc(OCC)cc3)nc2c1. The lowest BCUT2D eigenvalue weighted by Gasteiger charge is -2.09. The average molecular weight is 412 g/mol. The standard InChI is InChI=1S/C22H25N3O3S/c1-3-5-6-7-20(26)25-22(29)23-16-10-13-19-18(14-16)24-21(28-19)15-8-11-17(12-9-15)27-4-2/h8-14H,3-7H2,1-2H3,(H2,23,25,26,29). The molecule has 3 rings (SSSR count). The number of carbonyl (C=O) groups is 1. The number of amides is 1. The van der Waals surface area contributed by atoms with Crippen LogP contribution >= 0.6 is 12.2 Å². The quantitative estimate of drug-likeness (QED) is 0.388. The molecule has 152 valence electrons. The molecule has 6 nitrogen and oxygen atoms in total. The van der Waals surface area contributed by atoms with E-state index in [0.29, 0.717) is 30.0 Å². The van der Waals surface area contributed by atoms with Crippen molar-refractivity contribution in [2.75, 3.05) is 11.9 Å². The minimum absolute atomic E-state index is 0.0729. The summed E-state index contributed by atoms with van der Waals surface area (Å²) < 4.78 is 11.3. The number of unbranched alkanes of at least 4 members (excludes halogenated alkanes) is 2. The zero-order chi connectivity index (χ0) is 20.6. The lowest BCUT2D eigenvalue weighted by atomic mass is 10.2. The molecule has 0 spiro atoms. The highest BCUT2D eigenvalue weighted by Gasteiger charge is 2.10. The number of hydrogen-bond acceptors (Lipinski definition) is 5. The highest BCUT2D eigenvalue weighted by Crippen LogP contribution is 2.27. The van der Waals surface area contributed by atoms with Crippen molar-refractivity contribution >= 4 is 40.0 Å². The molecule has 0 saturated heterocycles. The molecule has 0 unspecified atom stereocenters. The third kappa shape index (κ3) is 5.77. The smallest absolute Gasteiger partial charge is 0.227 e. The summed E-state index contributed by atoms with van der Waals surface area (Å²) in [5, 5.41) is 6.01.